The summed E-state index contributed by atoms with van der Waals surface area (Å²) < 4.78 is 6.69. The molecule has 92 valence electrons. The highest BCUT2D eigenvalue weighted by Crippen LogP contribution is 2.42. The van der Waals surface area contributed by atoms with Gasteiger partial charge < -0.3 is 15.8 Å². The number of rotatable bonds is 1. The molecule has 4 nitrogen and oxygen atoms in total. The van der Waals surface area contributed by atoms with Crippen molar-refractivity contribution in [3.63, 3.8) is 0 Å². The predicted molar refractivity (Wildman–Crippen MR) is 70.5 cm³/mol. The third-order valence-corrected chi connectivity index (χ3v) is 4.37. The largest absolute Gasteiger partial charge is 0.477 e. The Hall–Kier alpha value is -1.07. The fraction of sp³-hybridized carbons (Fsp3) is 0.417. The predicted octanol–water partition coefficient (Wildman–Crippen LogP) is 2.03. The minimum absolute atomic E-state index is 0.176. The fourth-order valence-corrected chi connectivity index (χ4v) is 2.42. The van der Waals surface area contributed by atoms with Gasteiger partial charge >= 0.3 is 0 Å². The van der Waals surface area contributed by atoms with Gasteiger partial charge in [-0.1, -0.05) is 15.9 Å². The van der Waals surface area contributed by atoms with E-state index in [0.29, 0.717) is 0 Å². The van der Waals surface area contributed by atoms with Gasteiger partial charge in [0.25, 0.3) is 5.91 Å². The maximum atomic E-state index is 11.7. The van der Waals surface area contributed by atoms with Crippen molar-refractivity contribution in [2.75, 3.05) is 11.9 Å². The van der Waals surface area contributed by atoms with Gasteiger partial charge in [-0.3, -0.25) is 4.79 Å². The molecule has 0 aliphatic carbocycles. The molecule has 1 aliphatic heterocycles. The molecule has 0 fully saturated rings. The van der Waals surface area contributed by atoms with Crippen LogP contribution in [0.25, 0.3) is 0 Å². The standard InChI is InChI=1S/C12H15BrN2O2/c1-5-6(2)10-11(7(3)9(5)13)17-8(4-14)12(16)15-10/h8H,4,14H2,1-3H3,(H,15,16). The molecular weight excluding hydrogens is 284 g/mol. The molecule has 5 heteroatoms. The van der Waals surface area contributed by atoms with Gasteiger partial charge in [0.1, 0.15) is 5.75 Å². The summed E-state index contributed by atoms with van der Waals surface area (Å²) in [4.78, 5) is 11.7. The van der Waals surface area contributed by atoms with E-state index in [0.717, 1.165) is 32.6 Å². The number of nitrogens with one attached hydrogen (secondary N) is 1. The zero-order chi connectivity index (χ0) is 12.7. The van der Waals surface area contributed by atoms with E-state index in [1.54, 1.807) is 0 Å². The highest BCUT2D eigenvalue weighted by atomic mass is 79.9. The Labute approximate surface area is 109 Å². The van der Waals surface area contributed by atoms with Crippen LogP contribution in [0.2, 0.25) is 0 Å². The van der Waals surface area contributed by atoms with Crippen LogP contribution in [0.5, 0.6) is 5.75 Å². The fourth-order valence-electron chi connectivity index (χ4n) is 1.94. The third kappa shape index (κ3) is 1.83. The molecule has 0 aromatic heterocycles. The molecule has 1 heterocycles. The zero-order valence-corrected chi connectivity index (χ0v) is 11.6. The average Bonchev–Trinajstić information content (AvgIpc) is 2.33. The number of ether oxygens (including phenoxy) is 1. The van der Waals surface area contributed by atoms with Crippen LogP contribution in [0.3, 0.4) is 0 Å². The summed E-state index contributed by atoms with van der Waals surface area (Å²) in [6.45, 7) is 6.11. The van der Waals surface area contributed by atoms with Gasteiger partial charge in [-0.25, -0.2) is 0 Å². The first-order valence-electron chi connectivity index (χ1n) is 5.44. The Morgan fingerprint density at radius 3 is 2.53 bits per heavy atom. The lowest BCUT2D eigenvalue weighted by atomic mass is 10.0. The van der Waals surface area contributed by atoms with Gasteiger partial charge in [-0.2, -0.15) is 0 Å². The van der Waals surface area contributed by atoms with Crippen molar-refractivity contribution in [1.82, 2.24) is 0 Å². The smallest absolute Gasteiger partial charge is 0.266 e. The highest BCUT2D eigenvalue weighted by molar-refractivity contribution is 9.10. The van der Waals surface area contributed by atoms with E-state index in [-0.39, 0.29) is 12.5 Å². The average molecular weight is 299 g/mol. The number of amides is 1. The summed E-state index contributed by atoms with van der Waals surface area (Å²) in [5.41, 5.74) is 9.38. The van der Waals surface area contributed by atoms with E-state index in [2.05, 4.69) is 21.2 Å². The topological polar surface area (TPSA) is 64.3 Å². The first-order chi connectivity index (χ1) is 7.97. The number of hydrogen-bond donors (Lipinski definition) is 2. The van der Waals surface area contributed by atoms with Crippen LogP contribution >= 0.6 is 15.9 Å². The lowest BCUT2D eigenvalue weighted by molar-refractivity contribution is -0.123. The first kappa shape index (κ1) is 12.4. The molecule has 0 spiro atoms. The molecule has 0 saturated heterocycles. The lowest BCUT2D eigenvalue weighted by Crippen LogP contribution is -2.42. The second-order valence-electron chi connectivity index (χ2n) is 4.22. The van der Waals surface area contributed by atoms with Crippen LogP contribution in [0.1, 0.15) is 16.7 Å². The third-order valence-electron chi connectivity index (χ3n) is 3.18. The van der Waals surface area contributed by atoms with Gasteiger partial charge in [0.15, 0.2) is 6.10 Å². The van der Waals surface area contributed by atoms with Gasteiger partial charge in [0.2, 0.25) is 0 Å². The molecule has 0 bridgehead atoms. The van der Waals surface area contributed by atoms with Crippen molar-refractivity contribution in [3.05, 3.63) is 21.2 Å². The van der Waals surface area contributed by atoms with Crippen molar-refractivity contribution >= 4 is 27.5 Å². The van der Waals surface area contributed by atoms with Gasteiger partial charge in [-0.05, 0) is 31.9 Å². The van der Waals surface area contributed by atoms with E-state index < -0.39 is 6.10 Å². The number of halogens is 1. The molecule has 1 unspecified atom stereocenters. The number of carbonyl (C=O) groups is 1. The number of fused-ring (bicyclic) bond motifs is 1. The Morgan fingerprint density at radius 2 is 1.94 bits per heavy atom. The minimum Gasteiger partial charge on any atom is -0.477 e. The summed E-state index contributed by atoms with van der Waals surface area (Å²) in [6, 6.07) is 0. The second-order valence-corrected chi connectivity index (χ2v) is 5.02. The van der Waals surface area contributed by atoms with Crippen LogP contribution in [-0.2, 0) is 4.79 Å². The molecule has 1 aliphatic rings. The van der Waals surface area contributed by atoms with Gasteiger partial charge in [0.05, 0.1) is 5.69 Å². The summed E-state index contributed by atoms with van der Waals surface area (Å²) in [5, 5.41) is 2.87. The maximum Gasteiger partial charge on any atom is 0.266 e. The van der Waals surface area contributed by atoms with Crippen LogP contribution < -0.4 is 15.8 Å². The van der Waals surface area contributed by atoms with Crippen molar-refractivity contribution in [2.45, 2.75) is 26.9 Å². The van der Waals surface area contributed by atoms with Crippen molar-refractivity contribution in [3.8, 4) is 5.75 Å². The number of benzene rings is 1. The lowest BCUT2D eigenvalue weighted by Gasteiger charge is -2.29. The van der Waals surface area contributed by atoms with E-state index in [1.165, 1.54) is 0 Å². The molecule has 1 aromatic rings. The second kappa shape index (κ2) is 4.31. The first-order valence-corrected chi connectivity index (χ1v) is 6.23. The number of anilines is 1. The van der Waals surface area contributed by atoms with Crippen molar-refractivity contribution in [2.24, 2.45) is 5.73 Å². The van der Waals surface area contributed by atoms with Crippen LogP contribution in [-0.4, -0.2) is 18.6 Å². The number of carbonyl (C=O) groups excluding carboxylic acids is 1. The molecular formula is C12H15BrN2O2. The van der Waals surface area contributed by atoms with Crippen LogP contribution in [0.4, 0.5) is 5.69 Å². The van der Waals surface area contributed by atoms with E-state index in [9.17, 15) is 4.79 Å². The molecule has 1 amide bonds. The van der Waals surface area contributed by atoms with Crippen LogP contribution in [0.15, 0.2) is 4.47 Å². The number of nitrogens with two attached hydrogens (primary N) is 1. The van der Waals surface area contributed by atoms with Crippen molar-refractivity contribution in [1.29, 1.82) is 0 Å². The Balaban J connectivity index is 2.62. The molecule has 1 aromatic carbocycles. The molecule has 17 heavy (non-hydrogen) atoms. The Bertz CT molecular complexity index is 500. The highest BCUT2D eigenvalue weighted by Gasteiger charge is 2.30. The molecule has 1 atom stereocenters. The molecule has 0 saturated carbocycles. The Kier molecular flexibility index (Phi) is 3.14. The summed E-state index contributed by atoms with van der Waals surface area (Å²) in [7, 11) is 0. The van der Waals surface area contributed by atoms with E-state index in [1.807, 2.05) is 20.8 Å². The van der Waals surface area contributed by atoms with Gasteiger partial charge in [-0.15, -0.1) is 0 Å². The van der Waals surface area contributed by atoms with E-state index >= 15 is 0 Å². The minimum atomic E-state index is -0.602. The Morgan fingerprint density at radius 1 is 1.29 bits per heavy atom. The molecule has 3 N–H and O–H groups in total. The quantitative estimate of drug-likeness (QED) is 0.834. The summed E-state index contributed by atoms with van der Waals surface area (Å²) in [6.07, 6.45) is -0.602. The zero-order valence-electron chi connectivity index (χ0n) is 10.1. The van der Waals surface area contributed by atoms with Crippen LogP contribution in [0, 0.1) is 20.8 Å². The maximum absolute atomic E-state index is 11.7. The molecule has 2 rings (SSSR count). The summed E-state index contributed by atoms with van der Waals surface area (Å²) in [5.74, 6) is 0.541. The van der Waals surface area contributed by atoms with E-state index in [4.69, 9.17) is 10.5 Å². The van der Waals surface area contributed by atoms with Gasteiger partial charge in [0, 0.05) is 16.6 Å². The summed E-state index contributed by atoms with van der Waals surface area (Å²) >= 11 is 3.54. The SMILES string of the molecule is Cc1c(C)c2c(c(C)c1Br)OC(CN)C(=O)N2. The monoisotopic (exact) mass is 298 g/mol. The molecule has 0 radical (unpaired) electrons. The normalized spacial score (nSPS) is 18.4. The van der Waals surface area contributed by atoms with Crippen molar-refractivity contribution < 1.29 is 9.53 Å². The number of hydrogen-bond acceptors (Lipinski definition) is 3.